The number of nitrogens with one attached hydrogen (secondary N) is 1. The molecule has 42 heavy (non-hydrogen) atoms. The highest BCUT2D eigenvalue weighted by atomic mass is 16.6. The van der Waals surface area contributed by atoms with Gasteiger partial charge in [0, 0.05) is 20.0 Å². The van der Waals surface area contributed by atoms with Gasteiger partial charge in [-0.05, 0) is 49.8 Å². The molecule has 1 rings (SSSR count). The average Bonchev–Trinajstić information content (AvgIpc) is 2.98. The first kappa shape index (κ1) is 37.6. The number of carboxylic acids is 1. The fourth-order valence-corrected chi connectivity index (χ4v) is 4.46. The Hall–Kier alpha value is -2.42. The van der Waals surface area contributed by atoms with Crippen LogP contribution in [0.2, 0.25) is 0 Å². The molecule has 1 aromatic carbocycles. The number of hydrogen-bond donors (Lipinski definition) is 2. The average molecular weight is 592 g/mol. The molecule has 8 heteroatoms. The predicted molar refractivity (Wildman–Crippen MR) is 168 cm³/mol. The molecule has 0 aliphatic heterocycles. The number of carbonyl (C=O) groups excluding carboxylic acids is 1. The van der Waals surface area contributed by atoms with Crippen LogP contribution in [-0.2, 0) is 30.2 Å². The van der Waals surface area contributed by atoms with E-state index >= 15 is 0 Å². The number of carbonyl (C=O) groups is 2. The normalized spacial score (nSPS) is 12.0. The van der Waals surface area contributed by atoms with E-state index in [2.05, 4.69) is 24.4 Å². The predicted octanol–water partition coefficient (Wildman–Crippen LogP) is 6.89. The van der Waals surface area contributed by atoms with Crippen LogP contribution in [0.15, 0.2) is 36.4 Å². The number of allylic oxidation sites excluding steroid dienone is 2. The maximum Gasteiger partial charge on any atom is 0.326 e. The molecule has 240 valence electrons. The quantitative estimate of drug-likeness (QED) is 0.0772. The molecule has 1 atom stereocenters. The number of hydrogen-bond acceptors (Lipinski definition) is 6. The zero-order chi connectivity index (χ0) is 30.5. The fourth-order valence-electron chi connectivity index (χ4n) is 4.46. The lowest BCUT2D eigenvalue weighted by molar-refractivity contribution is -0.141. The lowest BCUT2D eigenvalue weighted by Gasteiger charge is -2.15. The van der Waals surface area contributed by atoms with Gasteiger partial charge in [-0.1, -0.05) is 82.6 Å². The molecule has 0 aliphatic rings. The number of ether oxygens (including phenoxy) is 4. The van der Waals surface area contributed by atoms with Gasteiger partial charge in [-0.2, -0.15) is 0 Å². The van der Waals surface area contributed by atoms with Crippen LogP contribution in [0.5, 0.6) is 5.75 Å². The third-order valence-electron chi connectivity index (χ3n) is 6.96. The summed E-state index contributed by atoms with van der Waals surface area (Å²) in [4.78, 5) is 24.1. The largest absolute Gasteiger partial charge is 0.491 e. The Morgan fingerprint density at radius 3 is 1.90 bits per heavy atom. The summed E-state index contributed by atoms with van der Waals surface area (Å²) < 4.78 is 21.4. The highest BCUT2D eigenvalue weighted by molar-refractivity contribution is 5.83. The Balaban J connectivity index is 2.11. The van der Waals surface area contributed by atoms with E-state index in [-0.39, 0.29) is 12.3 Å². The molecule has 8 nitrogen and oxygen atoms in total. The zero-order valence-corrected chi connectivity index (χ0v) is 26.3. The van der Waals surface area contributed by atoms with Gasteiger partial charge in [0.25, 0.3) is 0 Å². The standard InChI is InChI=1S/C34H57NO7/c1-3-4-5-6-7-8-9-10-11-12-13-14-15-16-17-18-33(36)35-32(34(37)38)29-30-19-21-31(22-20-30)42-28-27-41-26-25-40-24-23-39-2/h8-9,19-22,32H,3-7,10-18,23-29H2,1-2H3,(H,35,36)(H,37,38)/b9-8+. The third kappa shape index (κ3) is 22.2. The molecule has 0 saturated heterocycles. The summed E-state index contributed by atoms with van der Waals surface area (Å²) in [6.45, 7) is 5.21. The van der Waals surface area contributed by atoms with Gasteiger partial charge >= 0.3 is 5.97 Å². The molecule has 1 unspecified atom stereocenters. The lowest BCUT2D eigenvalue weighted by atomic mass is 10.0. The van der Waals surface area contributed by atoms with Crippen LogP contribution in [-0.4, -0.2) is 69.8 Å². The van der Waals surface area contributed by atoms with Crippen molar-refractivity contribution < 1.29 is 33.6 Å². The molecule has 0 aromatic heterocycles. The Kier molecular flexibility index (Phi) is 24.5. The second-order valence-electron chi connectivity index (χ2n) is 10.7. The first-order chi connectivity index (χ1) is 20.6. The summed E-state index contributed by atoms with van der Waals surface area (Å²) in [5.41, 5.74) is 0.821. The molecule has 0 saturated carbocycles. The second kappa shape index (κ2) is 27.4. The van der Waals surface area contributed by atoms with Crippen LogP contribution >= 0.6 is 0 Å². The van der Waals surface area contributed by atoms with Crippen molar-refractivity contribution >= 4 is 11.9 Å². The van der Waals surface area contributed by atoms with Gasteiger partial charge in [-0.15, -0.1) is 0 Å². The minimum atomic E-state index is -1.03. The molecule has 1 amide bonds. The summed E-state index contributed by atoms with van der Waals surface area (Å²) in [6.07, 6.45) is 20.8. The summed E-state index contributed by atoms with van der Waals surface area (Å²) in [5, 5.41) is 12.3. The van der Waals surface area contributed by atoms with Gasteiger partial charge < -0.3 is 29.4 Å². The second-order valence-corrected chi connectivity index (χ2v) is 10.7. The smallest absolute Gasteiger partial charge is 0.326 e. The van der Waals surface area contributed by atoms with Gasteiger partial charge in [0.05, 0.1) is 33.0 Å². The van der Waals surface area contributed by atoms with Crippen LogP contribution in [0.25, 0.3) is 0 Å². The molecule has 2 N–H and O–H groups in total. The molecule has 0 bridgehead atoms. The van der Waals surface area contributed by atoms with E-state index < -0.39 is 12.0 Å². The Morgan fingerprint density at radius 1 is 0.762 bits per heavy atom. The Morgan fingerprint density at radius 2 is 1.31 bits per heavy atom. The number of carboxylic acid groups (broad SMARTS) is 1. The van der Waals surface area contributed by atoms with E-state index in [0.717, 1.165) is 24.8 Å². The minimum Gasteiger partial charge on any atom is -0.491 e. The SMILES string of the molecule is CCCCCC/C=C/CCCCCCCCCC(=O)NC(Cc1ccc(OCCOCCOCCOC)cc1)C(=O)O. The van der Waals surface area contributed by atoms with Crippen LogP contribution < -0.4 is 10.1 Å². The number of rotatable bonds is 29. The topological polar surface area (TPSA) is 103 Å². The van der Waals surface area contributed by atoms with E-state index in [1.807, 2.05) is 12.1 Å². The molecule has 0 spiro atoms. The number of aliphatic carboxylic acids is 1. The molecule has 0 fully saturated rings. The number of unbranched alkanes of at least 4 members (excludes halogenated alkanes) is 11. The zero-order valence-electron chi connectivity index (χ0n) is 26.3. The van der Waals surface area contributed by atoms with E-state index in [1.165, 1.54) is 64.2 Å². The van der Waals surface area contributed by atoms with Crippen LogP contribution in [0, 0.1) is 0 Å². The highest BCUT2D eigenvalue weighted by Gasteiger charge is 2.20. The van der Waals surface area contributed by atoms with Crippen molar-refractivity contribution in [1.29, 1.82) is 0 Å². The van der Waals surface area contributed by atoms with E-state index in [0.29, 0.717) is 51.8 Å². The minimum absolute atomic E-state index is 0.201. The van der Waals surface area contributed by atoms with Gasteiger partial charge in [-0.3, -0.25) is 4.79 Å². The summed E-state index contributed by atoms with van der Waals surface area (Å²) in [7, 11) is 1.63. The van der Waals surface area contributed by atoms with Crippen molar-refractivity contribution in [2.24, 2.45) is 0 Å². The van der Waals surface area contributed by atoms with Gasteiger partial charge in [0.1, 0.15) is 18.4 Å². The Labute approximate surface area is 254 Å². The van der Waals surface area contributed by atoms with Crippen molar-refractivity contribution in [2.45, 2.75) is 109 Å². The van der Waals surface area contributed by atoms with E-state index in [1.54, 1.807) is 19.2 Å². The van der Waals surface area contributed by atoms with E-state index in [9.17, 15) is 14.7 Å². The van der Waals surface area contributed by atoms with Gasteiger partial charge in [0.2, 0.25) is 5.91 Å². The van der Waals surface area contributed by atoms with Crippen LogP contribution in [0.3, 0.4) is 0 Å². The van der Waals surface area contributed by atoms with Crippen molar-refractivity contribution in [1.82, 2.24) is 5.32 Å². The molecular weight excluding hydrogens is 534 g/mol. The molecule has 0 aliphatic carbocycles. The van der Waals surface area contributed by atoms with Gasteiger partial charge in [0.15, 0.2) is 0 Å². The molecule has 0 heterocycles. The van der Waals surface area contributed by atoms with Crippen LogP contribution in [0.1, 0.15) is 102 Å². The van der Waals surface area contributed by atoms with Crippen LogP contribution in [0.4, 0.5) is 0 Å². The lowest BCUT2D eigenvalue weighted by Crippen LogP contribution is -2.42. The van der Waals surface area contributed by atoms with Crippen molar-refractivity contribution in [3.63, 3.8) is 0 Å². The van der Waals surface area contributed by atoms with Crippen molar-refractivity contribution in [2.75, 3.05) is 46.8 Å². The fraction of sp³-hybridized carbons (Fsp3) is 0.706. The van der Waals surface area contributed by atoms with Crippen molar-refractivity contribution in [3.05, 3.63) is 42.0 Å². The number of benzene rings is 1. The summed E-state index contributed by atoms with van der Waals surface area (Å²) in [5.74, 6) is -0.550. The maximum absolute atomic E-state index is 12.4. The third-order valence-corrected chi connectivity index (χ3v) is 6.96. The number of amides is 1. The highest BCUT2D eigenvalue weighted by Crippen LogP contribution is 2.14. The first-order valence-electron chi connectivity index (χ1n) is 16.1. The summed E-state index contributed by atoms with van der Waals surface area (Å²) in [6, 6.07) is 6.31. The van der Waals surface area contributed by atoms with Crippen molar-refractivity contribution in [3.8, 4) is 5.75 Å². The summed E-state index contributed by atoms with van der Waals surface area (Å²) >= 11 is 0. The molecular formula is C34H57NO7. The van der Waals surface area contributed by atoms with Gasteiger partial charge in [-0.25, -0.2) is 4.79 Å². The first-order valence-corrected chi connectivity index (χ1v) is 16.1. The monoisotopic (exact) mass is 591 g/mol. The Bertz CT molecular complexity index is 813. The molecule has 1 aromatic rings. The molecule has 0 radical (unpaired) electrons. The van der Waals surface area contributed by atoms with E-state index in [4.69, 9.17) is 18.9 Å². The number of methoxy groups -OCH3 is 1. The maximum atomic E-state index is 12.4.